The molecule has 2 rings (SSSR count). The molecule has 2 heterocycles. The van der Waals surface area contributed by atoms with Crippen molar-refractivity contribution in [2.24, 2.45) is 16.1 Å². The number of hydrogen-bond acceptors (Lipinski definition) is 5. The lowest BCUT2D eigenvalue weighted by molar-refractivity contribution is 0.0127. The number of aliphatic imine (C=N–C) groups is 1. The van der Waals surface area contributed by atoms with E-state index in [2.05, 4.69) is 17.2 Å². The van der Waals surface area contributed by atoms with E-state index >= 15 is 0 Å². The number of rotatable bonds is 4. The van der Waals surface area contributed by atoms with Gasteiger partial charge in [-0.1, -0.05) is 6.92 Å². The molecule has 0 spiro atoms. The summed E-state index contributed by atoms with van der Waals surface area (Å²) in [5, 5.41) is 3.28. The van der Waals surface area contributed by atoms with E-state index in [1.807, 2.05) is 27.7 Å². The number of nitrogens with two attached hydrogens (primary N) is 1. The Bertz CT molecular complexity index is 615. The van der Waals surface area contributed by atoms with Crippen molar-refractivity contribution in [3.05, 3.63) is 0 Å². The number of guanidine groups is 1. The molecule has 2 aliphatic rings. The molecule has 0 saturated carbocycles. The molecule has 0 bridgehead atoms. The third-order valence-corrected chi connectivity index (χ3v) is 5.63. The number of hydrogen-bond donors (Lipinski definition) is 2. The van der Waals surface area contributed by atoms with Crippen LogP contribution in [0.1, 0.15) is 60.3 Å². The average molecular weight is 426 g/mol. The molecule has 3 N–H and O–H groups in total. The van der Waals surface area contributed by atoms with Gasteiger partial charge in [0, 0.05) is 38.8 Å². The number of piperidine rings is 2. The van der Waals surface area contributed by atoms with Gasteiger partial charge in [0.1, 0.15) is 5.60 Å². The predicted molar refractivity (Wildman–Crippen MR) is 116 cm³/mol. The Morgan fingerprint density at radius 1 is 1.10 bits per heavy atom. The molecule has 172 valence electrons. The standard InChI is InChI=1S/C21H39N5O4/c1-6-29-18(27)25-11-7-16(8-12-25)24-17(22)23-15-21(5)9-13-26(14-10-21)19(28)30-20(2,3)4/h16H,6-15H2,1-5H3,(H3,22,23,24). The molecule has 2 aliphatic heterocycles. The molecule has 0 aromatic heterocycles. The molecule has 30 heavy (non-hydrogen) atoms. The zero-order valence-corrected chi connectivity index (χ0v) is 19.2. The average Bonchev–Trinajstić information content (AvgIpc) is 2.66. The van der Waals surface area contributed by atoms with E-state index in [0.717, 1.165) is 25.7 Å². The van der Waals surface area contributed by atoms with E-state index in [0.29, 0.717) is 45.3 Å². The number of likely N-dealkylation sites (tertiary alicyclic amines) is 2. The summed E-state index contributed by atoms with van der Waals surface area (Å²) in [6.07, 6.45) is 2.86. The number of carbonyl (C=O) groups is 2. The summed E-state index contributed by atoms with van der Waals surface area (Å²) in [5.74, 6) is 0.445. The minimum atomic E-state index is -0.477. The summed E-state index contributed by atoms with van der Waals surface area (Å²) in [6, 6.07) is 0.209. The van der Waals surface area contributed by atoms with Gasteiger partial charge in [-0.3, -0.25) is 4.99 Å². The smallest absolute Gasteiger partial charge is 0.410 e. The molecule has 2 saturated heterocycles. The second-order valence-corrected chi connectivity index (χ2v) is 9.58. The van der Waals surface area contributed by atoms with E-state index in [1.165, 1.54) is 0 Å². The highest BCUT2D eigenvalue weighted by atomic mass is 16.6. The van der Waals surface area contributed by atoms with Crippen LogP contribution in [0.15, 0.2) is 4.99 Å². The third-order valence-electron chi connectivity index (χ3n) is 5.63. The van der Waals surface area contributed by atoms with Gasteiger partial charge < -0.3 is 30.3 Å². The van der Waals surface area contributed by atoms with Crippen LogP contribution in [0.4, 0.5) is 9.59 Å². The van der Waals surface area contributed by atoms with Crippen LogP contribution < -0.4 is 11.1 Å². The molecule has 2 amide bonds. The summed E-state index contributed by atoms with van der Waals surface area (Å²) in [5.41, 5.74) is 5.65. The highest BCUT2D eigenvalue weighted by Gasteiger charge is 2.33. The van der Waals surface area contributed by atoms with Crippen molar-refractivity contribution >= 4 is 18.1 Å². The van der Waals surface area contributed by atoms with Gasteiger partial charge in [-0.15, -0.1) is 0 Å². The molecule has 0 aromatic rings. The Morgan fingerprint density at radius 2 is 1.67 bits per heavy atom. The number of carbonyl (C=O) groups excluding carboxylic acids is 2. The summed E-state index contributed by atoms with van der Waals surface area (Å²) in [7, 11) is 0. The largest absolute Gasteiger partial charge is 0.450 e. The van der Waals surface area contributed by atoms with Crippen LogP contribution in [0.25, 0.3) is 0 Å². The quantitative estimate of drug-likeness (QED) is 0.529. The summed E-state index contributed by atoms with van der Waals surface area (Å²) in [6.45, 7) is 13.3. The first-order valence-corrected chi connectivity index (χ1v) is 11.0. The Hall–Kier alpha value is -2.19. The first-order valence-electron chi connectivity index (χ1n) is 11.0. The van der Waals surface area contributed by atoms with Crippen molar-refractivity contribution in [1.29, 1.82) is 0 Å². The van der Waals surface area contributed by atoms with Gasteiger partial charge in [0.15, 0.2) is 5.96 Å². The molecule has 2 fully saturated rings. The Balaban J connectivity index is 1.74. The summed E-state index contributed by atoms with van der Waals surface area (Å²) in [4.78, 5) is 32.1. The molecule has 9 nitrogen and oxygen atoms in total. The van der Waals surface area contributed by atoms with Crippen LogP contribution in [-0.4, -0.2) is 78.9 Å². The Labute approximate surface area is 180 Å². The lowest BCUT2D eigenvalue weighted by Crippen LogP contribution is -2.49. The van der Waals surface area contributed by atoms with Gasteiger partial charge in [-0.25, -0.2) is 9.59 Å². The minimum Gasteiger partial charge on any atom is -0.450 e. The van der Waals surface area contributed by atoms with Crippen LogP contribution >= 0.6 is 0 Å². The van der Waals surface area contributed by atoms with Crippen molar-refractivity contribution in [3.63, 3.8) is 0 Å². The van der Waals surface area contributed by atoms with Crippen molar-refractivity contribution < 1.29 is 19.1 Å². The van der Waals surface area contributed by atoms with Gasteiger partial charge in [0.25, 0.3) is 0 Å². The van der Waals surface area contributed by atoms with Gasteiger partial charge >= 0.3 is 12.2 Å². The number of amides is 2. The summed E-state index contributed by atoms with van der Waals surface area (Å²) < 4.78 is 10.5. The number of ether oxygens (including phenoxy) is 2. The first-order chi connectivity index (χ1) is 14.0. The van der Waals surface area contributed by atoms with Crippen molar-refractivity contribution in [1.82, 2.24) is 15.1 Å². The van der Waals surface area contributed by atoms with E-state index in [-0.39, 0.29) is 23.6 Å². The van der Waals surface area contributed by atoms with E-state index in [1.54, 1.807) is 9.80 Å². The van der Waals surface area contributed by atoms with E-state index in [9.17, 15) is 9.59 Å². The fraction of sp³-hybridized carbons (Fsp3) is 0.857. The monoisotopic (exact) mass is 425 g/mol. The highest BCUT2D eigenvalue weighted by molar-refractivity contribution is 5.78. The molecule has 0 radical (unpaired) electrons. The maximum Gasteiger partial charge on any atom is 0.410 e. The van der Waals surface area contributed by atoms with E-state index < -0.39 is 5.60 Å². The van der Waals surface area contributed by atoms with Crippen LogP contribution in [0.3, 0.4) is 0 Å². The molecular weight excluding hydrogens is 386 g/mol. The summed E-state index contributed by atoms with van der Waals surface area (Å²) >= 11 is 0. The van der Waals surface area contributed by atoms with Crippen LogP contribution in [0.2, 0.25) is 0 Å². The van der Waals surface area contributed by atoms with Crippen LogP contribution in [0.5, 0.6) is 0 Å². The van der Waals surface area contributed by atoms with E-state index in [4.69, 9.17) is 15.2 Å². The fourth-order valence-corrected chi connectivity index (χ4v) is 3.67. The van der Waals surface area contributed by atoms with Gasteiger partial charge in [0.05, 0.1) is 6.61 Å². The number of nitrogens with one attached hydrogen (secondary N) is 1. The number of nitrogens with zero attached hydrogens (tertiary/aromatic N) is 3. The predicted octanol–water partition coefficient (Wildman–Crippen LogP) is 2.55. The van der Waals surface area contributed by atoms with Gasteiger partial charge in [0.2, 0.25) is 0 Å². The maximum atomic E-state index is 12.2. The zero-order valence-electron chi connectivity index (χ0n) is 19.2. The van der Waals surface area contributed by atoms with Crippen LogP contribution in [-0.2, 0) is 9.47 Å². The molecular formula is C21H39N5O4. The second kappa shape index (κ2) is 10.2. The van der Waals surface area contributed by atoms with Crippen molar-refractivity contribution in [2.45, 2.75) is 71.9 Å². The second-order valence-electron chi connectivity index (χ2n) is 9.58. The van der Waals surface area contributed by atoms with Gasteiger partial charge in [-0.05, 0) is 58.8 Å². The Kier molecular flexibility index (Phi) is 8.20. The SMILES string of the molecule is CCOC(=O)N1CCC(NC(N)=NCC2(C)CCN(C(=O)OC(C)(C)C)CC2)CC1. The van der Waals surface area contributed by atoms with Crippen LogP contribution in [0, 0.1) is 5.41 Å². The molecule has 0 unspecified atom stereocenters. The molecule has 0 atom stereocenters. The lowest BCUT2D eigenvalue weighted by Gasteiger charge is -2.39. The maximum absolute atomic E-state index is 12.2. The first kappa shape index (κ1) is 24.1. The molecule has 9 heteroatoms. The van der Waals surface area contributed by atoms with Crippen molar-refractivity contribution in [2.75, 3.05) is 39.3 Å². The molecule has 0 aromatic carbocycles. The topological polar surface area (TPSA) is 109 Å². The molecule has 0 aliphatic carbocycles. The zero-order chi connectivity index (χ0) is 22.4. The lowest BCUT2D eigenvalue weighted by atomic mass is 9.80. The van der Waals surface area contributed by atoms with Crippen molar-refractivity contribution in [3.8, 4) is 0 Å². The minimum absolute atomic E-state index is 0.0120. The third kappa shape index (κ3) is 7.57. The highest BCUT2D eigenvalue weighted by Crippen LogP contribution is 2.31. The fourth-order valence-electron chi connectivity index (χ4n) is 3.67. The normalized spacial score (nSPS) is 20.6. The van der Waals surface area contributed by atoms with Gasteiger partial charge in [-0.2, -0.15) is 0 Å². The Morgan fingerprint density at radius 3 is 2.20 bits per heavy atom.